The van der Waals surface area contributed by atoms with Gasteiger partial charge in [0.1, 0.15) is 18.2 Å². The van der Waals surface area contributed by atoms with Gasteiger partial charge in [0.15, 0.2) is 0 Å². The van der Waals surface area contributed by atoms with Crippen LogP contribution in [0.4, 0.5) is 4.79 Å². The molecule has 26 heavy (non-hydrogen) atoms. The van der Waals surface area contributed by atoms with E-state index in [1.54, 1.807) is 19.1 Å². The lowest BCUT2D eigenvalue weighted by Gasteiger charge is -2.16. The molecule has 0 unspecified atom stereocenters. The first kappa shape index (κ1) is 20.1. The molecule has 1 aromatic heterocycles. The monoisotopic (exact) mass is 398 g/mol. The molecule has 0 aliphatic rings. The Hall–Kier alpha value is -2.19. The third-order valence-electron chi connectivity index (χ3n) is 3.69. The van der Waals surface area contributed by atoms with Crippen LogP contribution in [0.3, 0.4) is 0 Å². The van der Waals surface area contributed by atoms with Crippen molar-refractivity contribution in [1.29, 1.82) is 0 Å². The number of hydrogen-bond acceptors (Lipinski definition) is 6. The summed E-state index contributed by atoms with van der Waals surface area (Å²) in [7, 11) is 0. The molecule has 2 aromatic rings. The number of carbonyl (C=O) groups excluding carboxylic acids is 2. The summed E-state index contributed by atoms with van der Waals surface area (Å²) in [4.78, 5) is 35.1. The molecule has 0 aliphatic carbocycles. The summed E-state index contributed by atoms with van der Waals surface area (Å²) in [5, 5.41) is 3.45. The van der Waals surface area contributed by atoms with Gasteiger partial charge in [0.2, 0.25) is 0 Å². The normalized spacial score (nSPS) is 12.0. The molecule has 0 aliphatic heterocycles. The van der Waals surface area contributed by atoms with E-state index < -0.39 is 23.7 Å². The largest absolute Gasteiger partial charge is 0.459 e. The van der Waals surface area contributed by atoms with E-state index in [0.29, 0.717) is 33.7 Å². The average molecular weight is 399 g/mol. The number of thioether (sulfide) groups is 1. The second-order valence-corrected chi connectivity index (χ2v) is 7.03. The lowest BCUT2D eigenvalue weighted by molar-refractivity contribution is -0.147. The number of esters is 1. The number of fused-ring (bicyclic) bond motifs is 1. The minimum absolute atomic E-state index is 0.156. The minimum Gasteiger partial charge on any atom is -0.459 e. The Morgan fingerprint density at radius 1 is 1.38 bits per heavy atom. The number of halogens is 1. The van der Waals surface area contributed by atoms with Gasteiger partial charge in [0.05, 0.1) is 0 Å². The van der Waals surface area contributed by atoms with Crippen molar-refractivity contribution in [3.8, 4) is 0 Å². The maximum Gasteiger partial charge on any atom is 0.336 e. The Morgan fingerprint density at radius 2 is 2.12 bits per heavy atom. The molecular formula is C17H19ClN2O5S. The fourth-order valence-electron chi connectivity index (χ4n) is 2.37. The van der Waals surface area contributed by atoms with E-state index in [4.69, 9.17) is 26.5 Å². The van der Waals surface area contributed by atoms with Gasteiger partial charge >= 0.3 is 17.6 Å². The van der Waals surface area contributed by atoms with Gasteiger partial charge in [-0.05, 0) is 43.0 Å². The van der Waals surface area contributed by atoms with E-state index >= 15 is 0 Å². The van der Waals surface area contributed by atoms with Gasteiger partial charge in [-0.1, -0.05) is 11.6 Å². The van der Waals surface area contributed by atoms with Gasteiger partial charge in [0, 0.05) is 22.0 Å². The minimum atomic E-state index is -0.850. The molecule has 0 spiro atoms. The van der Waals surface area contributed by atoms with E-state index in [-0.39, 0.29) is 6.61 Å². The van der Waals surface area contributed by atoms with Crippen molar-refractivity contribution < 1.29 is 18.7 Å². The van der Waals surface area contributed by atoms with Crippen molar-refractivity contribution >= 4 is 46.3 Å². The van der Waals surface area contributed by atoms with Crippen molar-refractivity contribution in [2.45, 2.75) is 26.0 Å². The highest BCUT2D eigenvalue weighted by atomic mass is 35.5. The number of aryl methyl sites for hydroxylation is 1. The predicted molar refractivity (Wildman–Crippen MR) is 102 cm³/mol. The van der Waals surface area contributed by atoms with Crippen molar-refractivity contribution in [2.24, 2.45) is 5.73 Å². The van der Waals surface area contributed by atoms with Gasteiger partial charge in [-0.3, -0.25) is 0 Å². The molecule has 9 heteroatoms. The van der Waals surface area contributed by atoms with E-state index in [9.17, 15) is 14.4 Å². The van der Waals surface area contributed by atoms with Crippen LogP contribution < -0.4 is 16.7 Å². The number of nitrogens with one attached hydrogen (secondary N) is 1. The lowest BCUT2D eigenvalue weighted by atomic mass is 10.1. The highest BCUT2D eigenvalue weighted by Crippen LogP contribution is 2.25. The standard InChI is InChI=1S/C17H19ClN2O5S/c1-9-5-14-11(7-12(9)18)10(6-15(21)25-14)8-24-16(22)13(3-4-26-2)20-17(19)23/h5-7,13H,3-4,8H2,1-2H3,(H3,19,20,23)/t13-/m1/s1. The van der Waals surface area contributed by atoms with Gasteiger partial charge in [-0.15, -0.1) is 0 Å². The molecular weight excluding hydrogens is 380 g/mol. The Bertz CT molecular complexity index is 883. The Labute approximate surface area is 159 Å². The number of carbonyl (C=O) groups is 2. The van der Waals surface area contributed by atoms with E-state index in [0.717, 1.165) is 5.56 Å². The molecule has 2 amide bonds. The molecule has 0 fully saturated rings. The average Bonchev–Trinajstić information content (AvgIpc) is 2.57. The number of amides is 2. The molecule has 2 rings (SSSR count). The summed E-state index contributed by atoms with van der Waals surface area (Å²) < 4.78 is 10.4. The van der Waals surface area contributed by atoms with Crippen LogP contribution in [0.1, 0.15) is 17.5 Å². The van der Waals surface area contributed by atoms with Crippen LogP contribution in [0, 0.1) is 6.92 Å². The van der Waals surface area contributed by atoms with Crippen LogP contribution in [0.5, 0.6) is 0 Å². The Balaban J connectivity index is 2.22. The Morgan fingerprint density at radius 3 is 2.77 bits per heavy atom. The first-order valence-corrected chi connectivity index (χ1v) is 9.53. The number of ether oxygens (including phenoxy) is 1. The van der Waals surface area contributed by atoms with Crippen molar-refractivity contribution in [2.75, 3.05) is 12.0 Å². The quantitative estimate of drug-likeness (QED) is 0.547. The molecule has 0 radical (unpaired) electrons. The van der Waals surface area contributed by atoms with Gasteiger partial charge in [0.25, 0.3) is 0 Å². The van der Waals surface area contributed by atoms with Crippen LogP contribution in [0.2, 0.25) is 5.02 Å². The van der Waals surface area contributed by atoms with E-state index in [2.05, 4.69) is 5.32 Å². The molecule has 1 aromatic carbocycles. The van der Waals surface area contributed by atoms with E-state index in [1.165, 1.54) is 17.8 Å². The number of primary amides is 1. The molecule has 3 N–H and O–H groups in total. The van der Waals surface area contributed by atoms with Crippen LogP contribution >= 0.6 is 23.4 Å². The van der Waals surface area contributed by atoms with Crippen LogP contribution in [0.15, 0.2) is 27.4 Å². The second kappa shape index (κ2) is 8.95. The smallest absolute Gasteiger partial charge is 0.336 e. The highest BCUT2D eigenvalue weighted by Gasteiger charge is 2.21. The summed E-state index contributed by atoms with van der Waals surface area (Å²) in [5.41, 5.74) is 6.14. The summed E-state index contributed by atoms with van der Waals surface area (Å²) in [6, 6.07) is 2.91. The van der Waals surface area contributed by atoms with Crippen molar-refractivity contribution in [3.63, 3.8) is 0 Å². The van der Waals surface area contributed by atoms with Crippen LogP contribution in [-0.2, 0) is 16.1 Å². The molecule has 140 valence electrons. The summed E-state index contributed by atoms with van der Waals surface area (Å²) >= 11 is 7.66. The third kappa shape index (κ3) is 5.15. The molecule has 1 atom stereocenters. The summed E-state index contributed by atoms with van der Waals surface area (Å²) in [5.74, 6) is 0.0183. The zero-order valence-electron chi connectivity index (χ0n) is 14.3. The van der Waals surface area contributed by atoms with E-state index in [1.807, 2.05) is 6.26 Å². The zero-order valence-corrected chi connectivity index (χ0v) is 15.9. The fraction of sp³-hybridized carbons (Fsp3) is 0.353. The van der Waals surface area contributed by atoms with Crippen molar-refractivity contribution in [1.82, 2.24) is 5.32 Å². The molecule has 0 saturated carbocycles. The Kier molecular flexibility index (Phi) is 6.93. The fourth-order valence-corrected chi connectivity index (χ4v) is 3.01. The summed E-state index contributed by atoms with van der Waals surface area (Å²) in [6.07, 6.45) is 2.26. The molecule has 0 saturated heterocycles. The SMILES string of the molecule is CSCC[C@@H](NC(N)=O)C(=O)OCc1cc(=O)oc2cc(C)c(Cl)cc12. The number of nitrogens with two attached hydrogens (primary N) is 1. The first-order valence-electron chi connectivity index (χ1n) is 7.76. The molecule has 0 bridgehead atoms. The first-order chi connectivity index (χ1) is 12.3. The maximum atomic E-state index is 12.3. The maximum absolute atomic E-state index is 12.3. The predicted octanol–water partition coefficient (Wildman–Crippen LogP) is 2.59. The number of urea groups is 1. The number of hydrogen-bond donors (Lipinski definition) is 2. The van der Waals surface area contributed by atoms with Crippen molar-refractivity contribution in [3.05, 3.63) is 44.8 Å². The highest BCUT2D eigenvalue weighted by molar-refractivity contribution is 7.98. The van der Waals surface area contributed by atoms with Gasteiger partial charge < -0.3 is 20.2 Å². The second-order valence-electron chi connectivity index (χ2n) is 5.64. The third-order valence-corrected chi connectivity index (χ3v) is 4.74. The van der Waals surface area contributed by atoms with Crippen LogP contribution in [0.25, 0.3) is 11.0 Å². The molecule has 1 heterocycles. The zero-order chi connectivity index (χ0) is 19.3. The van der Waals surface area contributed by atoms with Gasteiger partial charge in [-0.2, -0.15) is 11.8 Å². The van der Waals surface area contributed by atoms with Gasteiger partial charge in [-0.25, -0.2) is 14.4 Å². The topological polar surface area (TPSA) is 112 Å². The van der Waals surface area contributed by atoms with Crippen LogP contribution in [-0.4, -0.2) is 30.1 Å². The number of rotatable bonds is 7. The number of benzene rings is 1. The molecule has 7 nitrogen and oxygen atoms in total. The lowest BCUT2D eigenvalue weighted by Crippen LogP contribution is -2.44. The summed E-state index contributed by atoms with van der Waals surface area (Å²) in [6.45, 7) is 1.64.